The maximum atomic E-state index is 5.59. The van der Waals surface area contributed by atoms with E-state index >= 15 is 0 Å². The van der Waals surface area contributed by atoms with Crippen LogP contribution in [0.4, 0.5) is 0 Å². The highest BCUT2D eigenvalue weighted by Crippen LogP contribution is 2.18. The molecule has 17 heavy (non-hydrogen) atoms. The van der Waals surface area contributed by atoms with E-state index in [-0.39, 0.29) is 0 Å². The molecule has 1 aromatic rings. The van der Waals surface area contributed by atoms with Crippen molar-refractivity contribution in [3.63, 3.8) is 0 Å². The van der Waals surface area contributed by atoms with Crippen LogP contribution in [0.1, 0.15) is 17.5 Å². The minimum absolute atomic E-state index is 0.625. The van der Waals surface area contributed by atoms with Gasteiger partial charge >= 0.3 is 0 Å². The van der Waals surface area contributed by atoms with Crippen molar-refractivity contribution in [3.05, 3.63) is 35.4 Å². The summed E-state index contributed by atoms with van der Waals surface area (Å²) in [5.41, 5.74) is 8.17. The van der Waals surface area contributed by atoms with Crippen molar-refractivity contribution in [2.75, 3.05) is 26.8 Å². The molecule has 0 spiro atoms. The Morgan fingerprint density at radius 2 is 2.00 bits per heavy atom. The largest absolute Gasteiger partial charge is 0.384 e. The molecule has 0 aliphatic carbocycles. The summed E-state index contributed by atoms with van der Waals surface area (Å²) in [5.74, 6) is 0.711. The van der Waals surface area contributed by atoms with Crippen molar-refractivity contribution in [1.82, 2.24) is 4.90 Å². The molecule has 2 rings (SSSR count). The van der Waals surface area contributed by atoms with Crippen molar-refractivity contribution >= 4 is 0 Å². The van der Waals surface area contributed by atoms with Gasteiger partial charge in [-0.1, -0.05) is 24.3 Å². The highest BCUT2D eigenvalue weighted by molar-refractivity contribution is 5.22. The Balaban J connectivity index is 1.84. The lowest BCUT2D eigenvalue weighted by atomic mass is 10.1. The van der Waals surface area contributed by atoms with Crippen LogP contribution < -0.4 is 5.73 Å². The fourth-order valence-electron chi connectivity index (χ4n) is 2.47. The number of benzene rings is 1. The molecule has 1 unspecified atom stereocenters. The highest BCUT2D eigenvalue weighted by atomic mass is 16.5. The van der Waals surface area contributed by atoms with E-state index in [4.69, 9.17) is 10.5 Å². The number of rotatable bonds is 5. The Kier molecular flexibility index (Phi) is 4.54. The summed E-state index contributed by atoms with van der Waals surface area (Å²) in [6.45, 7) is 4.91. The van der Waals surface area contributed by atoms with Gasteiger partial charge in [0.15, 0.2) is 0 Å². The summed E-state index contributed by atoms with van der Waals surface area (Å²) in [7, 11) is 1.79. The van der Waals surface area contributed by atoms with Crippen molar-refractivity contribution in [2.45, 2.75) is 19.5 Å². The van der Waals surface area contributed by atoms with Gasteiger partial charge in [0.05, 0.1) is 6.61 Å². The first-order valence-electron chi connectivity index (χ1n) is 6.31. The van der Waals surface area contributed by atoms with Crippen LogP contribution in [-0.2, 0) is 17.8 Å². The second-order valence-electron chi connectivity index (χ2n) is 4.87. The van der Waals surface area contributed by atoms with Gasteiger partial charge in [0, 0.05) is 26.7 Å². The molecule has 1 aliphatic rings. The topological polar surface area (TPSA) is 38.5 Å². The van der Waals surface area contributed by atoms with Crippen LogP contribution in [0.2, 0.25) is 0 Å². The number of likely N-dealkylation sites (tertiary alicyclic amines) is 1. The molecule has 1 heterocycles. The minimum Gasteiger partial charge on any atom is -0.384 e. The molecule has 0 bridgehead atoms. The van der Waals surface area contributed by atoms with Gasteiger partial charge in [0.2, 0.25) is 0 Å². The SMILES string of the molecule is COCC1CCN(Cc2ccc(CN)cc2)C1. The van der Waals surface area contributed by atoms with Gasteiger partial charge in [-0.2, -0.15) is 0 Å². The van der Waals surface area contributed by atoms with E-state index in [2.05, 4.69) is 29.2 Å². The van der Waals surface area contributed by atoms with Crippen LogP contribution >= 0.6 is 0 Å². The third-order valence-electron chi connectivity index (χ3n) is 3.44. The first-order valence-corrected chi connectivity index (χ1v) is 6.31. The van der Waals surface area contributed by atoms with E-state index in [0.717, 1.165) is 19.7 Å². The normalized spacial score (nSPS) is 20.9. The van der Waals surface area contributed by atoms with Gasteiger partial charge in [-0.3, -0.25) is 4.90 Å². The second-order valence-corrected chi connectivity index (χ2v) is 4.87. The molecule has 1 saturated heterocycles. The van der Waals surface area contributed by atoms with Crippen LogP contribution in [-0.4, -0.2) is 31.7 Å². The van der Waals surface area contributed by atoms with Crippen molar-refractivity contribution in [2.24, 2.45) is 11.7 Å². The summed E-state index contributed by atoms with van der Waals surface area (Å²) in [6.07, 6.45) is 1.26. The van der Waals surface area contributed by atoms with Gasteiger partial charge in [-0.25, -0.2) is 0 Å². The molecular weight excluding hydrogens is 212 g/mol. The maximum absolute atomic E-state index is 5.59. The molecule has 1 aromatic carbocycles. The van der Waals surface area contributed by atoms with Crippen molar-refractivity contribution in [3.8, 4) is 0 Å². The predicted octanol–water partition coefficient (Wildman–Crippen LogP) is 1.61. The quantitative estimate of drug-likeness (QED) is 0.841. The molecule has 1 aliphatic heterocycles. The zero-order valence-corrected chi connectivity index (χ0v) is 10.6. The summed E-state index contributed by atoms with van der Waals surface area (Å²) >= 11 is 0. The summed E-state index contributed by atoms with van der Waals surface area (Å²) < 4.78 is 5.21. The van der Waals surface area contributed by atoms with Crippen LogP contribution in [0.25, 0.3) is 0 Å². The van der Waals surface area contributed by atoms with Crippen LogP contribution in [0.15, 0.2) is 24.3 Å². The number of nitrogens with zero attached hydrogens (tertiary/aromatic N) is 1. The van der Waals surface area contributed by atoms with E-state index in [1.165, 1.54) is 24.1 Å². The van der Waals surface area contributed by atoms with Gasteiger partial charge in [-0.05, 0) is 30.0 Å². The van der Waals surface area contributed by atoms with E-state index in [9.17, 15) is 0 Å². The zero-order chi connectivity index (χ0) is 12.1. The summed E-state index contributed by atoms with van der Waals surface area (Å²) in [6, 6.07) is 8.62. The summed E-state index contributed by atoms with van der Waals surface area (Å²) in [5, 5.41) is 0. The van der Waals surface area contributed by atoms with Gasteiger partial charge < -0.3 is 10.5 Å². The number of hydrogen-bond acceptors (Lipinski definition) is 3. The lowest BCUT2D eigenvalue weighted by Crippen LogP contribution is -2.21. The smallest absolute Gasteiger partial charge is 0.0503 e. The van der Waals surface area contributed by atoms with E-state index < -0.39 is 0 Å². The molecule has 0 aromatic heterocycles. The van der Waals surface area contributed by atoms with Gasteiger partial charge in [0.25, 0.3) is 0 Å². The number of hydrogen-bond donors (Lipinski definition) is 1. The first-order chi connectivity index (χ1) is 8.31. The number of ether oxygens (including phenoxy) is 1. The molecule has 94 valence electrons. The Bertz CT molecular complexity index is 337. The monoisotopic (exact) mass is 234 g/mol. The molecule has 2 N–H and O–H groups in total. The molecule has 0 saturated carbocycles. The predicted molar refractivity (Wildman–Crippen MR) is 69.6 cm³/mol. The van der Waals surface area contributed by atoms with Crippen LogP contribution in [0, 0.1) is 5.92 Å². The van der Waals surface area contributed by atoms with E-state index in [1.807, 2.05) is 0 Å². The Hall–Kier alpha value is -0.900. The third kappa shape index (κ3) is 3.53. The Morgan fingerprint density at radius 1 is 1.29 bits per heavy atom. The van der Waals surface area contributed by atoms with E-state index in [1.54, 1.807) is 7.11 Å². The number of nitrogens with two attached hydrogens (primary N) is 1. The molecular formula is C14H22N2O. The Morgan fingerprint density at radius 3 is 2.65 bits per heavy atom. The lowest BCUT2D eigenvalue weighted by molar-refractivity contribution is 0.152. The first kappa shape index (κ1) is 12.6. The maximum Gasteiger partial charge on any atom is 0.0503 e. The van der Waals surface area contributed by atoms with Crippen LogP contribution in [0.3, 0.4) is 0 Å². The van der Waals surface area contributed by atoms with Gasteiger partial charge in [-0.15, -0.1) is 0 Å². The molecule has 1 atom stereocenters. The average molecular weight is 234 g/mol. The van der Waals surface area contributed by atoms with E-state index in [0.29, 0.717) is 12.5 Å². The lowest BCUT2D eigenvalue weighted by Gasteiger charge is -2.16. The zero-order valence-electron chi connectivity index (χ0n) is 10.6. The molecule has 3 nitrogen and oxygen atoms in total. The highest BCUT2D eigenvalue weighted by Gasteiger charge is 2.21. The van der Waals surface area contributed by atoms with Crippen LogP contribution in [0.5, 0.6) is 0 Å². The molecule has 0 amide bonds. The van der Waals surface area contributed by atoms with Crippen molar-refractivity contribution < 1.29 is 4.74 Å². The second kappa shape index (κ2) is 6.15. The number of methoxy groups -OCH3 is 1. The molecule has 3 heteroatoms. The molecule has 0 radical (unpaired) electrons. The minimum atomic E-state index is 0.625. The fourth-order valence-corrected chi connectivity index (χ4v) is 2.47. The summed E-state index contributed by atoms with van der Waals surface area (Å²) in [4.78, 5) is 2.50. The molecule has 1 fully saturated rings. The fraction of sp³-hybridized carbons (Fsp3) is 0.571. The third-order valence-corrected chi connectivity index (χ3v) is 3.44. The van der Waals surface area contributed by atoms with Gasteiger partial charge in [0.1, 0.15) is 0 Å². The standard InChI is InChI=1S/C14H22N2O/c1-17-11-14-6-7-16(10-14)9-13-4-2-12(8-15)3-5-13/h2-5,14H,6-11,15H2,1H3. The Labute approximate surface area is 104 Å². The average Bonchev–Trinajstić information content (AvgIpc) is 2.78. The van der Waals surface area contributed by atoms with Crippen molar-refractivity contribution in [1.29, 1.82) is 0 Å².